The molecule has 0 aliphatic heterocycles. The van der Waals surface area contributed by atoms with Crippen molar-refractivity contribution in [3.8, 4) is 17.2 Å². The van der Waals surface area contributed by atoms with Crippen molar-refractivity contribution in [1.29, 1.82) is 0 Å². The third kappa shape index (κ3) is 11.3. The van der Waals surface area contributed by atoms with Crippen LogP contribution in [0.25, 0.3) is 0 Å². The first-order valence-electron chi connectivity index (χ1n) is 15.9. The highest BCUT2D eigenvalue weighted by Gasteiger charge is 2.17. The number of hydrogen-bond acceptors (Lipinski definition) is 3. The van der Waals surface area contributed by atoms with Crippen LogP contribution in [0, 0.1) is 0 Å². The van der Waals surface area contributed by atoms with Crippen LogP contribution < -0.4 is 14.2 Å². The quantitative estimate of drug-likeness (QED) is 0.0986. The van der Waals surface area contributed by atoms with Gasteiger partial charge >= 0.3 is 0 Å². The van der Waals surface area contributed by atoms with Crippen LogP contribution in [-0.4, -0.2) is 19.8 Å². The zero-order valence-corrected chi connectivity index (χ0v) is 25.3. The average molecular weight is 545 g/mol. The minimum atomic E-state index is 0.121. The van der Waals surface area contributed by atoms with Crippen molar-refractivity contribution in [1.82, 2.24) is 0 Å². The van der Waals surface area contributed by atoms with Gasteiger partial charge in [-0.25, -0.2) is 0 Å². The maximum absolute atomic E-state index is 6.02. The SMILES string of the molecule is CCCCCCOc1ccc(C(c2ccc(OCCCCCC)cc2)c2ccc(OCCCCCC)cc2)cc1. The van der Waals surface area contributed by atoms with Gasteiger partial charge in [0, 0.05) is 5.92 Å². The average Bonchev–Trinajstić information content (AvgIpc) is 2.99. The van der Waals surface area contributed by atoms with Crippen LogP contribution >= 0.6 is 0 Å². The van der Waals surface area contributed by atoms with Crippen LogP contribution in [0.15, 0.2) is 72.8 Å². The molecule has 0 aliphatic carbocycles. The van der Waals surface area contributed by atoms with Crippen LogP contribution in [0.3, 0.4) is 0 Å². The van der Waals surface area contributed by atoms with Gasteiger partial charge in [0.25, 0.3) is 0 Å². The minimum Gasteiger partial charge on any atom is -0.494 e. The molecule has 3 nitrogen and oxygen atoms in total. The predicted octanol–water partition coefficient (Wildman–Crippen LogP) is 10.7. The highest BCUT2D eigenvalue weighted by molar-refractivity contribution is 5.46. The standard InChI is InChI=1S/C37H52O3/c1-4-7-10-13-28-38-34-22-16-31(17-23-34)37(32-18-24-35(25-19-32)39-29-14-11-8-5-2)33-20-26-36(27-21-33)40-30-15-12-9-6-3/h16-27,37H,4-15,28-30H2,1-3H3. The molecule has 40 heavy (non-hydrogen) atoms. The molecule has 3 heteroatoms. The molecule has 0 spiro atoms. The lowest BCUT2D eigenvalue weighted by Gasteiger charge is -2.20. The lowest BCUT2D eigenvalue weighted by atomic mass is 9.85. The second-order valence-electron chi connectivity index (χ2n) is 10.9. The summed E-state index contributed by atoms with van der Waals surface area (Å²) >= 11 is 0. The Kier molecular flexibility index (Phi) is 15.2. The van der Waals surface area contributed by atoms with Crippen LogP contribution in [-0.2, 0) is 0 Å². The Morgan fingerprint density at radius 1 is 0.375 bits per heavy atom. The Labute approximate surface area is 244 Å². The van der Waals surface area contributed by atoms with Gasteiger partial charge in [-0.05, 0) is 72.4 Å². The molecule has 0 amide bonds. The molecule has 0 aliphatic rings. The summed E-state index contributed by atoms with van der Waals surface area (Å²) in [5, 5.41) is 0. The van der Waals surface area contributed by atoms with Crippen molar-refractivity contribution < 1.29 is 14.2 Å². The fraction of sp³-hybridized carbons (Fsp3) is 0.514. The molecule has 0 atom stereocenters. The summed E-state index contributed by atoms with van der Waals surface area (Å²) in [6.45, 7) is 9.05. The van der Waals surface area contributed by atoms with E-state index in [-0.39, 0.29) is 5.92 Å². The van der Waals surface area contributed by atoms with E-state index in [9.17, 15) is 0 Å². The molecule has 0 N–H and O–H groups in total. The summed E-state index contributed by atoms with van der Waals surface area (Å²) in [4.78, 5) is 0. The van der Waals surface area contributed by atoms with Gasteiger partial charge in [-0.15, -0.1) is 0 Å². The molecule has 218 valence electrons. The number of unbranched alkanes of at least 4 members (excludes halogenated alkanes) is 9. The molecule has 0 aromatic heterocycles. The smallest absolute Gasteiger partial charge is 0.119 e. The fourth-order valence-corrected chi connectivity index (χ4v) is 5.00. The largest absolute Gasteiger partial charge is 0.494 e. The molecule has 3 aromatic rings. The van der Waals surface area contributed by atoms with Gasteiger partial charge in [-0.2, -0.15) is 0 Å². The second kappa shape index (κ2) is 19.2. The van der Waals surface area contributed by atoms with Gasteiger partial charge in [-0.1, -0.05) is 115 Å². The van der Waals surface area contributed by atoms with Gasteiger partial charge in [0.2, 0.25) is 0 Å². The third-order valence-corrected chi connectivity index (χ3v) is 7.44. The summed E-state index contributed by atoms with van der Waals surface area (Å²) in [7, 11) is 0. The first-order valence-corrected chi connectivity index (χ1v) is 15.9. The first-order chi connectivity index (χ1) is 19.7. The Morgan fingerprint density at radius 2 is 0.650 bits per heavy atom. The van der Waals surface area contributed by atoms with Crippen molar-refractivity contribution in [3.05, 3.63) is 89.5 Å². The topological polar surface area (TPSA) is 27.7 Å². The van der Waals surface area contributed by atoms with Gasteiger partial charge in [0.05, 0.1) is 19.8 Å². The Morgan fingerprint density at radius 3 is 0.900 bits per heavy atom. The molecule has 0 unspecified atom stereocenters. The van der Waals surface area contributed by atoms with E-state index in [1.54, 1.807) is 0 Å². The van der Waals surface area contributed by atoms with E-state index in [1.807, 2.05) is 0 Å². The number of rotatable bonds is 21. The van der Waals surface area contributed by atoms with Gasteiger partial charge in [0.15, 0.2) is 0 Å². The maximum Gasteiger partial charge on any atom is 0.119 e. The van der Waals surface area contributed by atoms with E-state index in [2.05, 4.69) is 93.6 Å². The molecule has 0 saturated heterocycles. The zero-order valence-electron chi connectivity index (χ0n) is 25.3. The van der Waals surface area contributed by atoms with Gasteiger partial charge in [0.1, 0.15) is 17.2 Å². The summed E-state index contributed by atoms with van der Waals surface area (Å²) in [5.41, 5.74) is 3.75. The molecule has 3 aromatic carbocycles. The Balaban J connectivity index is 1.71. The lowest BCUT2D eigenvalue weighted by molar-refractivity contribution is 0.305. The Hall–Kier alpha value is -2.94. The van der Waals surface area contributed by atoms with Crippen molar-refractivity contribution in [2.24, 2.45) is 0 Å². The molecule has 0 fully saturated rings. The van der Waals surface area contributed by atoms with E-state index in [4.69, 9.17) is 14.2 Å². The normalized spacial score (nSPS) is 11.1. The summed E-state index contributed by atoms with van der Waals surface area (Å²) in [5.74, 6) is 2.95. The van der Waals surface area contributed by atoms with Crippen molar-refractivity contribution >= 4 is 0 Å². The Bertz CT molecular complexity index is 888. The third-order valence-electron chi connectivity index (χ3n) is 7.44. The van der Waals surface area contributed by atoms with Gasteiger partial charge in [-0.3, -0.25) is 0 Å². The van der Waals surface area contributed by atoms with E-state index in [0.29, 0.717) is 0 Å². The molecule has 0 heterocycles. The highest BCUT2D eigenvalue weighted by Crippen LogP contribution is 2.34. The van der Waals surface area contributed by atoms with E-state index in [0.717, 1.165) is 56.3 Å². The molecule has 3 rings (SSSR count). The number of benzene rings is 3. The first kappa shape index (κ1) is 31.6. The highest BCUT2D eigenvalue weighted by atomic mass is 16.5. The minimum absolute atomic E-state index is 0.121. The van der Waals surface area contributed by atoms with E-state index >= 15 is 0 Å². The molecule has 0 saturated carbocycles. The maximum atomic E-state index is 6.02. The van der Waals surface area contributed by atoms with Crippen LogP contribution in [0.1, 0.15) is 120 Å². The summed E-state index contributed by atoms with van der Waals surface area (Å²) in [6, 6.07) is 26.0. The zero-order chi connectivity index (χ0) is 28.3. The predicted molar refractivity (Wildman–Crippen MR) is 169 cm³/mol. The van der Waals surface area contributed by atoms with Crippen LogP contribution in [0.5, 0.6) is 17.2 Å². The van der Waals surface area contributed by atoms with Crippen molar-refractivity contribution in [2.45, 2.75) is 104 Å². The van der Waals surface area contributed by atoms with Gasteiger partial charge < -0.3 is 14.2 Å². The number of hydrogen-bond donors (Lipinski definition) is 0. The van der Waals surface area contributed by atoms with Crippen molar-refractivity contribution in [3.63, 3.8) is 0 Å². The molecular formula is C37H52O3. The van der Waals surface area contributed by atoms with E-state index in [1.165, 1.54) is 74.5 Å². The molecule has 0 bridgehead atoms. The number of ether oxygens (including phenoxy) is 3. The van der Waals surface area contributed by atoms with E-state index < -0.39 is 0 Å². The lowest BCUT2D eigenvalue weighted by Crippen LogP contribution is -2.05. The van der Waals surface area contributed by atoms with Crippen molar-refractivity contribution in [2.75, 3.05) is 19.8 Å². The fourth-order valence-electron chi connectivity index (χ4n) is 5.00. The molecular weight excluding hydrogens is 492 g/mol. The second-order valence-corrected chi connectivity index (χ2v) is 10.9. The summed E-state index contributed by atoms with van der Waals surface area (Å²) < 4.78 is 18.1. The van der Waals surface area contributed by atoms with Crippen LogP contribution in [0.4, 0.5) is 0 Å². The van der Waals surface area contributed by atoms with Crippen LogP contribution in [0.2, 0.25) is 0 Å². The monoisotopic (exact) mass is 544 g/mol. The molecule has 0 radical (unpaired) electrons. The summed E-state index contributed by atoms with van der Waals surface area (Å²) in [6.07, 6.45) is 14.6.